The highest BCUT2D eigenvalue weighted by Crippen LogP contribution is 2.23. The minimum absolute atomic E-state index is 0.174. The number of rotatable bonds is 8. The summed E-state index contributed by atoms with van der Waals surface area (Å²) in [5, 5.41) is 5.52. The van der Waals surface area contributed by atoms with Crippen LogP contribution in [0.4, 0.5) is 5.69 Å². The molecular formula is C22H27N3O4S. The van der Waals surface area contributed by atoms with Crippen LogP contribution in [-0.2, 0) is 14.8 Å². The van der Waals surface area contributed by atoms with E-state index in [0.717, 1.165) is 19.3 Å². The Balaban J connectivity index is 1.48. The van der Waals surface area contributed by atoms with Crippen molar-refractivity contribution in [2.45, 2.75) is 37.0 Å². The van der Waals surface area contributed by atoms with Crippen LogP contribution >= 0.6 is 0 Å². The molecule has 1 aliphatic rings. The van der Waals surface area contributed by atoms with Gasteiger partial charge < -0.3 is 10.6 Å². The van der Waals surface area contributed by atoms with Gasteiger partial charge in [0.15, 0.2) is 0 Å². The van der Waals surface area contributed by atoms with E-state index >= 15 is 0 Å². The lowest BCUT2D eigenvalue weighted by atomic mass is 10.2. The van der Waals surface area contributed by atoms with E-state index in [1.807, 2.05) is 6.07 Å². The first-order chi connectivity index (χ1) is 14.5. The predicted octanol–water partition coefficient (Wildman–Crippen LogP) is 3.01. The average molecular weight is 430 g/mol. The van der Waals surface area contributed by atoms with Gasteiger partial charge in [-0.3, -0.25) is 9.59 Å². The molecule has 1 fully saturated rings. The monoisotopic (exact) mass is 429 g/mol. The minimum atomic E-state index is -3.54. The van der Waals surface area contributed by atoms with E-state index in [2.05, 4.69) is 10.6 Å². The lowest BCUT2D eigenvalue weighted by Crippen LogP contribution is -2.35. The Morgan fingerprint density at radius 3 is 2.40 bits per heavy atom. The third-order valence-electron chi connectivity index (χ3n) is 4.97. The Bertz CT molecular complexity index is 971. The second-order valence-corrected chi connectivity index (χ2v) is 9.20. The number of amides is 2. The number of sulfonamides is 1. The van der Waals surface area contributed by atoms with Crippen molar-refractivity contribution in [3.63, 3.8) is 0 Å². The number of carbonyl (C=O) groups is 2. The van der Waals surface area contributed by atoms with E-state index < -0.39 is 10.0 Å². The highest BCUT2D eigenvalue weighted by molar-refractivity contribution is 7.89. The molecule has 1 saturated heterocycles. The summed E-state index contributed by atoms with van der Waals surface area (Å²) in [7, 11) is -3.54. The second kappa shape index (κ2) is 10.4. The SMILES string of the molecule is O=C(CCCNC(=O)c1ccccc1)Nc1cccc(S(=O)(=O)N2CCCCC2)c1. The van der Waals surface area contributed by atoms with Crippen molar-refractivity contribution in [3.05, 3.63) is 60.2 Å². The van der Waals surface area contributed by atoms with Crippen LogP contribution in [-0.4, -0.2) is 44.2 Å². The largest absolute Gasteiger partial charge is 0.352 e. The molecule has 1 aliphatic heterocycles. The van der Waals surface area contributed by atoms with Gasteiger partial charge in [-0.05, 0) is 49.6 Å². The second-order valence-electron chi connectivity index (χ2n) is 7.27. The summed E-state index contributed by atoms with van der Waals surface area (Å²) in [6.07, 6.45) is 3.50. The number of hydrogen-bond donors (Lipinski definition) is 2. The fourth-order valence-electron chi connectivity index (χ4n) is 3.35. The van der Waals surface area contributed by atoms with Crippen molar-refractivity contribution < 1.29 is 18.0 Å². The van der Waals surface area contributed by atoms with Crippen LogP contribution in [0.25, 0.3) is 0 Å². The highest BCUT2D eigenvalue weighted by atomic mass is 32.2. The fourth-order valence-corrected chi connectivity index (χ4v) is 4.92. The molecule has 160 valence electrons. The normalized spacial score (nSPS) is 14.8. The first-order valence-electron chi connectivity index (χ1n) is 10.2. The summed E-state index contributed by atoms with van der Waals surface area (Å²) in [5.41, 5.74) is 1.03. The molecular weight excluding hydrogens is 402 g/mol. The van der Waals surface area contributed by atoms with Gasteiger partial charge in [-0.1, -0.05) is 30.7 Å². The molecule has 2 aromatic carbocycles. The quantitative estimate of drug-likeness (QED) is 0.631. The molecule has 0 saturated carbocycles. The Hall–Kier alpha value is -2.71. The van der Waals surface area contributed by atoms with Gasteiger partial charge in [-0.2, -0.15) is 4.31 Å². The zero-order valence-electron chi connectivity index (χ0n) is 16.8. The van der Waals surface area contributed by atoms with E-state index in [4.69, 9.17) is 0 Å². The van der Waals surface area contributed by atoms with Gasteiger partial charge in [0.1, 0.15) is 0 Å². The number of hydrogen-bond acceptors (Lipinski definition) is 4. The van der Waals surface area contributed by atoms with Crippen LogP contribution in [0.5, 0.6) is 0 Å². The van der Waals surface area contributed by atoms with Gasteiger partial charge in [-0.15, -0.1) is 0 Å². The zero-order valence-corrected chi connectivity index (χ0v) is 17.7. The van der Waals surface area contributed by atoms with Gasteiger partial charge in [0.05, 0.1) is 4.90 Å². The molecule has 7 nitrogen and oxygen atoms in total. The van der Waals surface area contributed by atoms with E-state index in [0.29, 0.717) is 37.3 Å². The lowest BCUT2D eigenvalue weighted by molar-refractivity contribution is -0.116. The van der Waals surface area contributed by atoms with Crippen LogP contribution in [0, 0.1) is 0 Å². The number of nitrogens with zero attached hydrogens (tertiary/aromatic N) is 1. The summed E-state index contributed by atoms with van der Waals surface area (Å²) in [6, 6.07) is 15.2. The number of anilines is 1. The van der Waals surface area contributed by atoms with Crippen molar-refractivity contribution in [2.24, 2.45) is 0 Å². The molecule has 0 atom stereocenters. The molecule has 0 unspecified atom stereocenters. The molecule has 0 bridgehead atoms. The molecule has 0 aromatic heterocycles. The predicted molar refractivity (Wildman–Crippen MR) is 116 cm³/mol. The molecule has 2 aromatic rings. The first kappa shape index (κ1) is 22.0. The molecule has 0 spiro atoms. The van der Waals surface area contributed by atoms with E-state index in [9.17, 15) is 18.0 Å². The van der Waals surface area contributed by atoms with Crippen molar-refractivity contribution in [3.8, 4) is 0 Å². The molecule has 0 aliphatic carbocycles. The first-order valence-corrected chi connectivity index (χ1v) is 11.6. The van der Waals surface area contributed by atoms with Gasteiger partial charge in [-0.25, -0.2) is 8.42 Å². The van der Waals surface area contributed by atoms with Gasteiger partial charge >= 0.3 is 0 Å². The zero-order chi connectivity index (χ0) is 21.4. The van der Waals surface area contributed by atoms with Crippen LogP contribution < -0.4 is 10.6 Å². The van der Waals surface area contributed by atoms with E-state index in [1.54, 1.807) is 42.5 Å². The Morgan fingerprint density at radius 1 is 0.933 bits per heavy atom. The smallest absolute Gasteiger partial charge is 0.251 e. The number of benzene rings is 2. The Kier molecular flexibility index (Phi) is 7.59. The van der Waals surface area contributed by atoms with Crippen molar-refractivity contribution >= 4 is 27.5 Å². The number of piperidine rings is 1. The maximum atomic E-state index is 12.8. The summed E-state index contributed by atoms with van der Waals surface area (Å²) < 4.78 is 27.1. The summed E-state index contributed by atoms with van der Waals surface area (Å²) in [6.45, 7) is 1.45. The van der Waals surface area contributed by atoms with E-state index in [1.165, 1.54) is 10.4 Å². The third-order valence-corrected chi connectivity index (χ3v) is 6.87. The van der Waals surface area contributed by atoms with Gasteiger partial charge in [0, 0.05) is 37.3 Å². The van der Waals surface area contributed by atoms with Crippen LogP contribution in [0.3, 0.4) is 0 Å². The van der Waals surface area contributed by atoms with Gasteiger partial charge in [0.2, 0.25) is 15.9 Å². The maximum Gasteiger partial charge on any atom is 0.251 e. The third kappa shape index (κ3) is 5.90. The van der Waals surface area contributed by atoms with Gasteiger partial charge in [0.25, 0.3) is 5.91 Å². The molecule has 30 heavy (non-hydrogen) atoms. The summed E-state index contributed by atoms with van der Waals surface area (Å²) >= 11 is 0. The fraction of sp³-hybridized carbons (Fsp3) is 0.364. The van der Waals surface area contributed by atoms with E-state index in [-0.39, 0.29) is 23.1 Å². The lowest BCUT2D eigenvalue weighted by Gasteiger charge is -2.26. The van der Waals surface area contributed by atoms with Crippen molar-refractivity contribution in [1.29, 1.82) is 0 Å². The van der Waals surface area contributed by atoms with Crippen LogP contribution in [0.1, 0.15) is 42.5 Å². The molecule has 2 N–H and O–H groups in total. The number of carbonyl (C=O) groups excluding carboxylic acids is 2. The number of nitrogens with one attached hydrogen (secondary N) is 2. The highest BCUT2D eigenvalue weighted by Gasteiger charge is 2.26. The topological polar surface area (TPSA) is 95.6 Å². The molecule has 2 amide bonds. The molecule has 3 rings (SSSR count). The van der Waals surface area contributed by atoms with Crippen LogP contribution in [0.15, 0.2) is 59.5 Å². The summed E-state index contributed by atoms with van der Waals surface area (Å²) in [5.74, 6) is -0.400. The van der Waals surface area contributed by atoms with Crippen molar-refractivity contribution in [1.82, 2.24) is 9.62 Å². The molecule has 1 heterocycles. The Morgan fingerprint density at radius 2 is 1.67 bits per heavy atom. The minimum Gasteiger partial charge on any atom is -0.352 e. The molecule has 0 radical (unpaired) electrons. The molecule has 8 heteroatoms. The van der Waals surface area contributed by atoms with Crippen molar-refractivity contribution in [2.75, 3.05) is 25.0 Å². The summed E-state index contributed by atoms with van der Waals surface area (Å²) in [4.78, 5) is 24.4. The maximum absolute atomic E-state index is 12.8. The Labute approximate surface area is 177 Å². The standard InChI is InChI=1S/C22H27N3O4S/c26-21(13-8-14-23-22(27)18-9-3-1-4-10-18)24-19-11-7-12-20(17-19)30(28,29)25-15-5-2-6-16-25/h1,3-4,7,9-12,17H,2,5-6,8,13-16H2,(H,23,27)(H,24,26). The average Bonchev–Trinajstić information content (AvgIpc) is 2.78. The van der Waals surface area contributed by atoms with Crippen LogP contribution in [0.2, 0.25) is 0 Å².